The number of aliphatic hydroxyl groups excluding tert-OH is 1. The van der Waals surface area contributed by atoms with E-state index in [0.717, 1.165) is 18.2 Å². The van der Waals surface area contributed by atoms with Crippen LogP contribution in [-0.2, 0) is 0 Å². The molecule has 0 spiro atoms. The van der Waals surface area contributed by atoms with Gasteiger partial charge in [0.15, 0.2) is 0 Å². The number of benzene rings is 1. The SMILES string of the molecule is N[C@H](c1cc(C(F)F)ccc1F)N1CCC(O)CC1. The van der Waals surface area contributed by atoms with Gasteiger partial charge in [0, 0.05) is 24.2 Å². The van der Waals surface area contributed by atoms with Crippen molar-refractivity contribution in [1.82, 2.24) is 4.90 Å². The first-order chi connectivity index (χ1) is 8.99. The molecule has 1 aromatic carbocycles. The highest BCUT2D eigenvalue weighted by Crippen LogP contribution is 2.27. The van der Waals surface area contributed by atoms with Gasteiger partial charge in [-0.05, 0) is 25.0 Å². The molecule has 19 heavy (non-hydrogen) atoms. The lowest BCUT2D eigenvalue weighted by molar-refractivity contribution is 0.0608. The minimum Gasteiger partial charge on any atom is -0.393 e. The van der Waals surface area contributed by atoms with E-state index < -0.39 is 18.4 Å². The van der Waals surface area contributed by atoms with Crippen LogP contribution in [0.15, 0.2) is 18.2 Å². The molecule has 0 saturated carbocycles. The lowest BCUT2D eigenvalue weighted by Gasteiger charge is -2.34. The molecule has 1 atom stereocenters. The van der Waals surface area contributed by atoms with Crippen LogP contribution in [0.5, 0.6) is 0 Å². The zero-order valence-electron chi connectivity index (χ0n) is 10.4. The maximum absolute atomic E-state index is 13.7. The molecule has 0 unspecified atom stereocenters. The summed E-state index contributed by atoms with van der Waals surface area (Å²) in [7, 11) is 0. The van der Waals surface area contributed by atoms with E-state index in [1.807, 2.05) is 0 Å². The van der Waals surface area contributed by atoms with Gasteiger partial charge in [-0.1, -0.05) is 6.07 Å². The largest absolute Gasteiger partial charge is 0.393 e. The lowest BCUT2D eigenvalue weighted by atomic mass is 10.0. The first kappa shape index (κ1) is 14.3. The number of halogens is 3. The highest BCUT2D eigenvalue weighted by Gasteiger charge is 2.25. The molecule has 1 aromatic rings. The van der Waals surface area contributed by atoms with Crippen LogP contribution in [0.3, 0.4) is 0 Å². The molecule has 106 valence electrons. The monoisotopic (exact) mass is 274 g/mol. The van der Waals surface area contributed by atoms with Gasteiger partial charge in [0.05, 0.1) is 12.3 Å². The fourth-order valence-corrected chi connectivity index (χ4v) is 2.29. The van der Waals surface area contributed by atoms with Crippen molar-refractivity contribution in [3.05, 3.63) is 35.1 Å². The maximum Gasteiger partial charge on any atom is 0.263 e. The number of hydrogen-bond acceptors (Lipinski definition) is 3. The Labute approximate surface area is 109 Å². The summed E-state index contributed by atoms with van der Waals surface area (Å²) in [5, 5.41) is 9.41. The minimum atomic E-state index is -2.64. The van der Waals surface area contributed by atoms with E-state index in [2.05, 4.69) is 0 Å². The summed E-state index contributed by atoms with van der Waals surface area (Å²) in [6.45, 7) is 1.06. The third kappa shape index (κ3) is 3.26. The highest BCUT2D eigenvalue weighted by atomic mass is 19.3. The molecule has 0 radical (unpaired) electrons. The standard InChI is InChI=1S/C13H17F3N2O/c14-11-2-1-8(12(15)16)7-10(11)13(17)18-5-3-9(19)4-6-18/h1-2,7,9,12-13,19H,3-6,17H2/t13-/m0/s1. The normalized spacial score (nSPS) is 19.9. The first-order valence-electron chi connectivity index (χ1n) is 6.24. The molecule has 3 N–H and O–H groups in total. The Hall–Kier alpha value is -1.11. The molecule has 1 fully saturated rings. The molecular weight excluding hydrogens is 257 g/mol. The number of rotatable bonds is 3. The van der Waals surface area contributed by atoms with Crippen LogP contribution in [-0.4, -0.2) is 29.2 Å². The molecule has 1 saturated heterocycles. The predicted octanol–water partition coefficient (Wildman–Crippen LogP) is 2.18. The summed E-state index contributed by atoms with van der Waals surface area (Å²) < 4.78 is 39.0. The second-order valence-corrected chi connectivity index (χ2v) is 4.79. The van der Waals surface area contributed by atoms with E-state index in [9.17, 15) is 18.3 Å². The quantitative estimate of drug-likeness (QED) is 0.888. The van der Waals surface area contributed by atoms with Gasteiger partial charge in [0.1, 0.15) is 5.82 Å². The molecular formula is C13H17F3N2O. The summed E-state index contributed by atoms with van der Waals surface area (Å²) in [6.07, 6.45) is -2.64. The van der Waals surface area contributed by atoms with Gasteiger partial charge < -0.3 is 10.8 Å². The van der Waals surface area contributed by atoms with Crippen molar-refractivity contribution in [2.75, 3.05) is 13.1 Å². The third-order valence-corrected chi connectivity index (χ3v) is 3.48. The highest BCUT2D eigenvalue weighted by molar-refractivity contribution is 5.28. The van der Waals surface area contributed by atoms with Crippen molar-refractivity contribution in [2.24, 2.45) is 5.73 Å². The molecule has 2 rings (SSSR count). The van der Waals surface area contributed by atoms with Gasteiger partial charge in [-0.2, -0.15) is 0 Å². The van der Waals surface area contributed by atoms with Crippen LogP contribution in [0.4, 0.5) is 13.2 Å². The van der Waals surface area contributed by atoms with Crippen molar-refractivity contribution in [3.63, 3.8) is 0 Å². The number of alkyl halides is 2. The Morgan fingerprint density at radius 2 is 1.89 bits per heavy atom. The van der Waals surface area contributed by atoms with Crippen LogP contribution in [0.2, 0.25) is 0 Å². The molecule has 3 nitrogen and oxygen atoms in total. The number of hydrogen-bond donors (Lipinski definition) is 2. The zero-order valence-corrected chi connectivity index (χ0v) is 10.4. The van der Waals surface area contributed by atoms with Crippen molar-refractivity contribution in [1.29, 1.82) is 0 Å². The van der Waals surface area contributed by atoms with Gasteiger partial charge >= 0.3 is 0 Å². The number of likely N-dealkylation sites (tertiary alicyclic amines) is 1. The second kappa shape index (κ2) is 5.90. The summed E-state index contributed by atoms with van der Waals surface area (Å²) in [6, 6.07) is 3.21. The van der Waals surface area contributed by atoms with E-state index in [1.165, 1.54) is 0 Å². The average Bonchev–Trinajstić information content (AvgIpc) is 2.39. The number of aliphatic hydroxyl groups is 1. The Kier molecular flexibility index (Phi) is 4.44. The summed E-state index contributed by atoms with van der Waals surface area (Å²) in [5.41, 5.74) is 5.79. The topological polar surface area (TPSA) is 49.5 Å². The van der Waals surface area contributed by atoms with Crippen LogP contribution >= 0.6 is 0 Å². The molecule has 0 aliphatic carbocycles. The van der Waals surface area contributed by atoms with E-state index in [1.54, 1.807) is 4.90 Å². The zero-order chi connectivity index (χ0) is 14.0. The Morgan fingerprint density at radius 3 is 2.47 bits per heavy atom. The van der Waals surface area contributed by atoms with Gasteiger partial charge in [-0.25, -0.2) is 13.2 Å². The van der Waals surface area contributed by atoms with Gasteiger partial charge in [0.2, 0.25) is 0 Å². The van der Waals surface area contributed by atoms with E-state index in [-0.39, 0.29) is 17.2 Å². The van der Waals surface area contributed by atoms with Gasteiger partial charge in [-0.3, -0.25) is 4.90 Å². The predicted molar refractivity (Wildman–Crippen MR) is 65.1 cm³/mol. The first-order valence-corrected chi connectivity index (χ1v) is 6.24. The molecule has 0 bridgehead atoms. The molecule has 1 aliphatic rings. The van der Waals surface area contributed by atoms with Crippen LogP contribution in [0.1, 0.15) is 36.6 Å². The van der Waals surface area contributed by atoms with E-state index in [0.29, 0.717) is 25.9 Å². The van der Waals surface area contributed by atoms with Crippen molar-refractivity contribution >= 4 is 0 Å². The van der Waals surface area contributed by atoms with Crippen LogP contribution < -0.4 is 5.73 Å². The Morgan fingerprint density at radius 1 is 1.26 bits per heavy atom. The second-order valence-electron chi connectivity index (χ2n) is 4.79. The van der Waals surface area contributed by atoms with Crippen molar-refractivity contribution in [2.45, 2.75) is 31.5 Å². The van der Waals surface area contributed by atoms with Crippen LogP contribution in [0.25, 0.3) is 0 Å². The van der Waals surface area contributed by atoms with Crippen molar-refractivity contribution in [3.8, 4) is 0 Å². The summed E-state index contributed by atoms with van der Waals surface area (Å²) >= 11 is 0. The maximum atomic E-state index is 13.7. The average molecular weight is 274 g/mol. The van der Waals surface area contributed by atoms with Gasteiger partial charge in [-0.15, -0.1) is 0 Å². The lowest BCUT2D eigenvalue weighted by Crippen LogP contribution is -2.42. The fourth-order valence-electron chi connectivity index (χ4n) is 2.29. The molecule has 0 aromatic heterocycles. The Balaban J connectivity index is 2.18. The van der Waals surface area contributed by atoms with Crippen LogP contribution in [0, 0.1) is 5.82 Å². The van der Waals surface area contributed by atoms with E-state index >= 15 is 0 Å². The fraction of sp³-hybridized carbons (Fsp3) is 0.538. The van der Waals surface area contributed by atoms with Gasteiger partial charge in [0.25, 0.3) is 6.43 Å². The third-order valence-electron chi connectivity index (χ3n) is 3.48. The number of nitrogens with two attached hydrogens (primary N) is 1. The molecule has 6 heteroatoms. The molecule has 1 aliphatic heterocycles. The molecule has 0 amide bonds. The molecule has 1 heterocycles. The minimum absolute atomic E-state index is 0.0780. The van der Waals surface area contributed by atoms with Crippen molar-refractivity contribution < 1.29 is 18.3 Å². The smallest absolute Gasteiger partial charge is 0.263 e. The number of piperidine rings is 1. The Bertz CT molecular complexity index is 434. The summed E-state index contributed by atoms with van der Waals surface area (Å²) in [4.78, 5) is 1.79. The summed E-state index contributed by atoms with van der Waals surface area (Å²) in [5.74, 6) is -0.581. The van der Waals surface area contributed by atoms with E-state index in [4.69, 9.17) is 5.73 Å². The number of nitrogens with zero attached hydrogens (tertiary/aromatic N) is 1.